The van der Waals surface area contributed by atoms with Crippen molar-refractivity contribution < 1.29 is 36.3 Å². The topological polar surface area (TPSA) is 71.5 Å². The summed E-state index contributed by atoms with van der Waals surface area (Å²) in [4.78, 5) is 31.5. The van der Waals surface area contributed by atoms with E-state index >= 15 is 0 Å². The Morgan fingerprint density at radius 1 is 1.24 bits per heavy atom. The van der Waals surface area contributed by atoms with Crippen LogP contribution in [0.15, 0.2) is 30.5 Å². The Kier molecular flexibility index (Phi) is 7.71. The highest BCUT2D eigenvalue weighted by Crippen LogP contribution is 2.34. The average Bonchev–Trinajstić information content (AvgIpc) is 3.23. The second-order valence-electron chi connectivity index (χ2n) is 8.98. The molecule has 3 atom stereocenters. The molecule has 0 spiro atoms. The molecule has 2 amide bonds. The van der Waals surface area contributed by atoms with E-state index in [0.29, 0.717) is 6.07 Å². The maximum absolute atomic E-state index is 14.7. The summed E-state index contributed by atoms with van der Waals surface area (Å²) in [6, 6.07) is 0.933. The Bertz CT molecular complexity index is 1250. The molecule has 0 bridgehead atoms. The van der Waals surface area contributed by atoms with Crippen molar-refractivity contribution in [2.45, 2.75) is 31.1 Å². The number of pyridine rings is 1. The fraction of sp³-hybridized carbons (Fsp3) is 0.400. The van der Waals surface area contributed by atoms with Gasteiger partial charge < -0.3 is 15.0 Å². The molecule has 4 rings (SSSR count). The molecule has 0 saturated carbocycles. The van der Waals surface area contributed by atoms with Crippen molar-refractivity contribution in [1.29, 1.82) is 0 Å². The van der Waals surface area contributed by atoms with Gasteiger partial charge in [0.05, 0.1) is 29.8 Å². The van der Waals surface area contributed by atoms with Crippen LogP contribution >= 0.6 is 11.6 Å². The van der Waals surface area contributed by atoms with Crippen LogP contribution in [0.25, 0.3) is 0 Å². The van der Waals surface area contributed by atoms with E-state index in [-0.39, 0.29) is 50.0 Å². The van der Waals surface area contributed by atoms with Crippen LogP contribution in [0.1, 0.15) is 40.5 Å². The minimum Gasteiger partial charge on any atom is -0.381 e. The summed E-state index contributed by atoms with van der Waals surface area (Å²) in [5.41, 5.74) is -1.68. The lowest BCUT2D eigenvalue weighted by Crippen LogP contribution is -2.50. The molecule has 0 radical (unpaired) electrons. The molecule has 37 heavy (non-hydrogen) atoms. The molecule has 196 valence electrons. The molecule has 2 fully saturated rings. The minimum absolute atomic E-state index is 0.0141. The normalized spacial score (nSPS) is 20.7. The van der Waals surface area contributed by atoms with Gasteiger partial charge in [0.1, 0.15) is 23.4 Å². The number of nitrogens with one attached hydrogen (secondary N) is 1. The number of hydrogen-bond acceptors (Lipinski definition) is 4. The summed E-state index contributed by atoms with van der Waals surface area (Å²) in [5.74, 6) is -1.49. The summed E-state index contributed by atoms with van der Waals surface area (Å²) in [5, 5.41) is 2.26. The number of hydrogen-bond donors (Lipinski definition) is 1. The van der Waals surface area contributed by atoms with Gasteiger partial charge in [0.15, 0.2) is 0 Å². The first-order chi connectivity index (χ1) is 17.5. The predicted octanol–water partition coefficient (Wildman–Crippen LogP) is 4.39. The summed E-state index contributed by atoms with van der Waals surface area (Å²) in [7, 11) is 0. The van der Waals surface area contributed by atoms with E-state index in [4.69, 9.17) is 22.8 Å². The number of nitrogens with zero attached hydrogens (tertiary/aromatic N) is 2. The molecular formula is C25H21ClF5N3O3. The summed E-state index contributed by atoms with van der Waals surface area (Å²) >= 11 is 5.66. The number of alkyl halides is 3. The van der Waals surface area contributed by atoms with Crippen molar-refractivity contribution in [3.05, 3.63) is 63.9 Å². The maximum Gasteiger partial charge on any atom is 0.416 e. The van der Waals surface area contributed by atoms with Crippen LogP contribution in [0.4, 0.5) is 22.0 Å². The number of terminal acetylenes is 1. The van der Waals surface area contributed by atoms with Gasteiger partial charge in [-0.05, 0) is 36.6 Å². The van der Waals surface area contributed by atoms with Crippen molar-refractivity contribution in [2.24, 2.45) is 11.8 Å². The highest BCUT2D eigenvalue weighted by molar-refractivity contribution is 6.30. The lowest BCUT2D eigenvalue weighted by Gasteiger charge is -2.36. The maximum atomic E-state index is 14.7. The number of carbonyl (C=O) groups excluding carboxylic acids is 2. The molecule has 2 aliphatic heterocycles. The summed E-state index contributed by atoms with van der Waals surface area (Å²) in [6.45, 7) is 0.367. The molecule has 2 aliphatic rings. The van der Waals surface area contributed by atoms with Crippen molar-refractivity contribution in [2.75, 3.05) is 19.8 Å². The van der Waals surface area contributed by atoms with Crippen LogP contribution in [0.5, 0.6) is 0 Å². The standard InChI is InChI=1S/C25H21ClF5N3O3/c1-2-3-13-6-21(34(10-13)24(36)20-7-15(4-5-32-20)25(29,30)31)23(35)33-22(14-11-37-12-14)16-8-19(28)17(26)9-18(16)27/h1,4-5,7-9,13-14,21-22H,3,6,10-12H2,(H,33,35)/t13-,21-,22-/m1/s1. The number of likely N-dealkylation sites (tertiary alicyclic amines) is 1. The predicted molar refractivity (Wildman–Crippen MR) is 122 cm³/mol. The second kappa shape index (κ2) is 10.6. The van der Waals surface area contributed by atoms with Crippen LogP contribution in [-0.2, 0) is 15.7 Å². The Labute approximate surface area is 214 Å². The van der Waals surface area contributed by atoms with Gasteiger partial charge >= 0.3 is 6.18 Å². The third-order valence-electron chi connectivity index (χ3n) is 6.47. The van der Waals surface area contributed by atoms with Gasteiger partial charge in [-0.1, -0.05) is 11.6 Å². The molecule has 3 heterocycles. The van der Waals surface area contributed by atoms with E-state index in [1.54, 1.807) is 0 Å². The van der Waals surface area contributed by atoms with E-state index in [1.807, 2.05) is 0 Å². The third-order valence-corrected chi connectivity index (χ3v) is 6.76. The monoisotopic (exact) mass is 541 g/mol. The molecule has 6 nitrogen and oxygen atoms in total. The zero-order chi connectivity index (χ0) is 26.9. The zero-order valence-electron chi connectivity index (χ0n) is 19.2. The molecule has 12 heteroatoms. The van der Waals surface area contributed by atoms with Gasteiger partial charge in [-0.3, -0.25) is 14.6 Å². The molecule has 2 saturated heterocycles. The Morgan fingerprint density at radius 2 is 1.97 bits per heavy atom. The van der Waals surface area contributed by atoms with Gasteiger partial charge in [0.25, 0.3) is 5.91 Å². The number of ether oxygens (including phenoxy) is 1. The Morgan fingerprint density at radius 3 is 2.59 bits per heavy atom. The third kappa shape index (κ3) is 5.70. The van der Waals surface area contributed by atoms with Crippen LogP contribution < -0.4 is 5.32 Å². The molecule has 1 aromatic carbocycles. The first kappa shape index (κ1) is 26.8. The number of amides is 2. The zero-order valence-corrected chi connectivity index (χ0v) is 20.0. The second-order valence-corrected chi connectivity index (χ2v) is 9.39. The number of benzene rings is 1. The van der Waals surface area contributed by atoms with E-state index in [2.05, 4.69) is 16.2 Å². The SMILES string of the molecule is C#CC[C@@H]1C[C@H](C(=O)N[C@@H](c2cc(F)c(Cl)cc2F)C2COC2)N(C(=O)c2cc(C(F)(F)F)ccn2)C1. The molecular weight excluding hydrogens is 521 g/mol. The van der Waals surface area contributed by atoms with Crippen molar-refractivity contribution in [1.82, 2.24) is 15.2 Å². The number of halogens is 6. The van der Waals surface area contributed by atoms with Gasteiger partial charge in [-0.25, -0.2) is 8.78 Å². The summed E-state index contributed by atoms with van der Waals surface area (Å²) in [6.07, 6.45) is 1.93. The largest absolute Gasteiger partial charge is 0.416 e. The lowest BCUT2D eigenvalue weighted by atomic mass is 9.90. The Balaban J connectivity index is 1.62. The van der Waals surface area contributed by atoms with E-state index < -0.39 is 58.0 Å². The van der Waals surface area contributed by atoms with Gasteiger partial charge in [-0.2, -0.15) is 13.2 Å². The first-order valence-electron chi connectivity index (χ1n) is 11.3. The molecule has 1 aromatic heterocycles. The van der Waals surface area contributed by atoms with Crippen molar-refractivity contribution in [3.63, 3.8) is 0 Å². The quantitative estimate of drug-likeness (QED) is 0.335. The fourth-order valence-corrected chi connectivity index (χ4v) is 4.65. The number of aromatic nitrogens is 1. The van der Waals surface area contributed by atoms with Crippen LogP contribution in [0.2, 0.25) is 5.02 Å². The summed E-state index contributed by atoms with van der Waals surface area (Å²) < 4.78 is 73.5. The van der Waals surface area contributed by atoms with Gasteiger partial charge in [-0.15, -0.1) is 12.3 Å². The molecule has 0 aliphatic carbocycles. The van der Waals surface area contributed by atoms with Crippen LogP contribution in [0.3, 0.4) is 0 Å². The smallest absolute Gasteiger partial charge is 0.381 e. The highest BCUT2D eigenvalue weighted by Gasteiger charge is 2.43. The highest BCUT2D eigenvalue weighted by atomic mass is 35.5. The van der Waals surface area contributed by atoms with Crippen LogP contribution in [0, 0.1) is 35.8 Å². The number of rotatable bonds is 6. The average molecular weight is 542 g/mol. The van der Waals surface area contributed by atoms with Crippen LogP contribution in [-0.4, -0.2) is 47.5 Å². The molecule has 0 unspecified atom stereocenters. The first-order valence-corrected chi connectivity index (χ1v) is 11.7. The minimum atomic E-state index is -4.69. The van der Waals surface area contributed by atoms with E-state index in [0.717, 1.165) is 29.3 Å². The lowest BCUT2D eigenvalue weighted by molar-refractivity contribution is -0.137. The van der Waals surface area contributed by atoms with Gasteiger partial charge in [0.2, 0.25) is 5.91 Å². The Hall–Kier alpha value is -3.23. The van der Waals surface area contributed by atoms with Crippen molar-refractivity contribution >= 4 is 23.4 Å². The number of carbonyl (C=O) groups is 2. The molecule has 1 N–H and O–H groups in total. The van der Waals surface area contributed by atoms with E-state index in [9.17, 15) is 31.5 Å². The van der Waals surface area contributed by atoms with E-state index in [1.165, 1.54) is 0 Å². The van der Waals surface area contributed by atoms with Gasteiger partial charge in [0, 0.05) is 30.6 Å². The fourth-order valence-electron chi connectivity index (χ4n) is 4.50. The molecule has 2 aromatic rings. The van der Waals surface area contributed by atoms with Crippen molar-refractivity contribution in [3.8, 4) is 12.3 Å².